The Balaban J connectivity index is 1.70. The van der Waals surface area contributed by atoms with Gasteiger partial charge < -0.3 is 15.0 Å². The first-order valence-corrected chi connectivity index (χ1v) is 7.71. The largest absolute Gasteiger partial charge is 0.488 e. The van der Waals surface area contributed by atoms with Gasteiger partial charge >= 0.3 is 0 Å². The van der Waals surface area contributed by atoms with Crippen LogP contribution in [0.1, 0.15) is 19.4 Å². The maximum absolute atomic E-state index is 5.92. The Bertz CT molecular complexity index is 423. The number of hydrogen-bond donors (Lipinski definition) is 1. The van der Waals surface area contributed by atoms with E-state index in [1.165, 1.54) is 5.56 Å². The van der Waals surface area contributed by atoms with Crippen LogP contribution in [0.5, 0.6) is 5.75 Å². The Morgan fingerprint density at radius 2 is 2.26 bits per heavy atom. The van der Waals surface area contributed by atoms with Gasteiger partial charge in [0.2, 0.25) is 0 Å². The van der Waals surface area contributed by atoms with Crippen molar-refractivity contribution in [2.75, 3.05) is 26.7 Å². The molecule has 1 atom stereocenters. The summed E-state index contributed by atoms with van der Waals surface area (Å²) < 4.78 is 7.05. The van der Waals surface area contributed by atoms with Crippen LogP contribution in [0.3, 0.4) is 0 Å². The predicted molar refractivity (Wildman–Crippen MR) is 82.9 cm³/mol. The molecular weight excluding hydrogens is 304 g/mol. The molecule has 4 heteroatoms. The Hall–Kier alpha value is -0.580. The topological polar surface area (TPSA) is 24.5 Å². The molecule has 1 aromatic rings. The van der Waals surface area contributed by atoms with E-state index in [9.17, 15) is 0 Å². The van der Waals surface area contributed by atoms with Crippen LogP contribution in [0.15, 0.2) is 22.7 Å². The van der Waals surface area contributed by atoms with Crippen LogP contribution < -0.4 is 10.1 Å². The molecule has 0 amide bonds. The van der Waals surface area contributed by atoms with Crippen molar-refractivity contribution >= 4 is 15.9 Å². The van der Waals surface area contributed by atoms with Gasteiger partial charge in [-0.15, -0.1) is 0 Å². The first kappa shape index (κ1) is 14.8. The highest BCUT2D eigenvalue weighted by atomic mass is 79.9. The maximum atomic E-state index is 5.92. The van der Waals surface area contributed by atoms with Crippen molar-refractivity contribution in [3.63, 3.8) is 0 Å². The number of nitrogens with zero attached hydrogens (tertiary/aromatic N) is 1. The lowest BCUT2D eigenvalue weighted by atomic mass is 10.1. The monoisotopic (exact) mass is 326 g/mol. The quantitative estimate of drug-likeness (QED) is 0.813. The highest BCUT2D eigenvalue weighted by Gasteiger charge is 2.22. The molecule has 3 nitrogen and oxygen atoms in total. The second-order valence-electron chi connectivity index (χ2n) is 5.47. The normalized spacial score (nSPS) is 17.9. The molecule has 0 aliphatic carbocycles. The minimum absolute atomic E-state index is 0.272. The Labute approximate surface area is 124 Å². The molecule has 2 rings (SSSR count). The summed E-state index contributed by atoms with van der Waals surface area (Å²) in [6, 6.07) is 6.84. The Morgan fingerprint density at radius 1 is 1.47 bits per heavy atom. The maximum Gasteiger partial charge on any atom is 0.123 e. The van der Waals surface area contributed by atoms with Gasteiger partial charge in [0, 0.05) is 36.6 Å². The number of benzene rings is 1. The van der Waals surface area contributed by atoms with Crippen molar-refractivity contribution in [1.29, 1.82) is 0 Å². The number of likely N-dealkylation sites (N-methyl/N-ethyl adjacent to an activating group) is 1. The van der Waals surface area contributed by atoms with Crippen LogP contribution in [0, 0.1) is 0 Å². The van der Waals surface area contributed by atoms with Crippen LogP contribution in [-0.2, 0) is 6.42 Å². The van der Waals surface area contributed by atoms with Gasteiger partial charge in [-0.05, 0) is 44.7 Å². The third-order valence-corrected chi connectivity index (χ3v) is 4.15. The molecule has 0 fully saturated rings. The number of nitrogens with one attached hydrogen (secondary N) is 1. The lowest BCUT2D eigenvalue weighted by Gasteiger charge is -2.21. The number of halogens is 1. The molecule has 1 aliphatic rings. The highest BCUT2D eigenvalue weighted by molar-refractivity contribution is 9.10. The van der Waals surface area contributed by atoms with E-state index in [0.29, 0.717) is 6.04 Å². The van der Waals surface area contributed by atoms with E-state index in [0.717, 1.165) is 36.3 Å². The highest BCUT2D eigenvalue weighted by Crippen LogP contribution is 2.30. The number of ether oxygens (including phenoxy) is 1. The van der Waals surface area contributed by atoms with Crippen molar-refractivity contribution in [2.24, 2.45) is 0 Å². The van der Waals surface area contributed by atoms with Gasteiger partial charge in [0.05, 0.1) is 0 Å². The van der Waals surface area contributed by atoms with E-state index >= 15 is 0 Å². The minimum atomic E-state index is 0.272. The molecule has 0 radical (unpaired) electrons. The minimum Gasteiger partial charge on any atom is -0.488 e. The summed E-state index contributed by atoms with van der Waals surface area (Å²) in [5.74, 6) is 1.04. The van der Waals surface area contributed by atoms with Gasteiger partial charge in [-0.3, -0.25) is 0 Å². The standard InChI is InChI=1S/C15H23BrN2O/c1-11(2)18(3)7-6-17-10-14-9-12-8-13(16)4-5-15(12)19-14/h4-5,8,11,14,17H,6-7,9-10H2,1-3H3. The van der Waals surface area contributed by atoms with Crippen LogP contribution in [0.25, 0.3) is 0 Å². The summed E-state index contributed by atoms with van der Waals surface area (Å²) in [5.41, 5.74) is 1.31. The van der Waals surface area contributed by atoms with E-state index in [1.54, 1.807) is 0 Å². The van der Waals surface area contributed by atoms with Gasteiger partial charge in [0.25, 0.3) is 0 Å². The summed E-state index contributed by atoms with van der Waals surface area (Å²) in [7, 11) is 2.16. The van der Waals surface area contributed by atoms with Crippen LogP contribution in [0.4, 0.5) is 0 Å². The predicted octanol–water partition coefficient (Wildman–Crippen LogP) is 2.68. The zero-order valence-electron chi connectivity index (χ0n) is 11.9. The van der Waals surface area contributed by atoms with Crippen molar-refractivity contribution < 1.29 is 4.74 Å². The van der Waals surface area contributed by atoms with Crippen LogP contribution in [0.2, 0.25) is 0 Å². The van der Waals surface area contributed by atoms with Crippen molar-refractivity contribution in [3.05, 3.63) is 28.2 Å². The Morgan fingerprint density at radius 3 is 3.00 bits per heavy atom. The second-order valence-corrected chi connectivity index (χ2v) is 6.39. The second kappa shape index (κ2) is 6.73. The van der Waals surface area contributed by atoms with E-state index in [-0.39, 0.29) is 6.10 Å². The van der Waals surface area contributed by atoms with Crippen molar-refractivity contribution in [2.45, 2.75) is 32.4 Å². The number of hydrogen-bond acceptors (Lipinski definition) is 3. The van der Waals surface area contributed by atoms with Gasteiger partial charge in [-0.2, -0.15) is 0 Å². The molecule has 0 bridgehead atoms. The molecule has 19 heavy (non-hydrogen) atoms. The molecule has 1 N–H and O–H groups in total. The van der Waals surface area contributed by atoms with E-state index in [2.05, 4.69) is 53.1 Å². The zero-order valence-corrected chi connectivity index (χ0v) is 13.5. The lowest BCUT2D eigenvalue weighted by Crippen LogP contribution is -2.37. The van der Waals surface area contributed by atoms with Gasteiger partial charge in [0.1, 0.15) is 11.9 Å². The lowest BCUT2D eigenvalue weighted by molar-refractivity contribution is 0.220. The summed E-state index contributed by atoms with van der Waals surface area (Å²) in [4.78, 5) is 2.34. The zero-order chi connectivity index (χ0) is 13.8. The Kier molecular flexibility index (Phi) is 5.25. The fourth-order valence-corrected chi connectivity index (χ4v) is 2.59. The molecule has 0 spiro atoms. The molecular formula is C15H23BrN2O. The van der Waals surface area contributed by atoms with E-state index in [1.807, 2.05) is 12.1 Å². The van der Waals surface area contributed by atoms with Crippen LogP contribution >= 0.6 is 15.9 Å². The van der Waals surface area contributed by atoms with E-state index in [4.69, 9.17) is 4.74 Å². The molecule has 0 aromatic heterocycles. The molecule has 1 heterocycles. The fraction of sp³-hybridized carbons (Fsp3) is 0.600. The average Bonchev–Trinajstić information content (AvgIpc) is 2.75. The summed E-state index contributed by atoms with van der Waals surface area (Å²) in [5, 5.41) is 3.48. The van der Waals surface area contributed by atoms with Gasteiger partial charge in [-0.1, -0.05) is 15.9 Å². The van der Waals surface area contributed by atoms with Crippen molar-refractivity contribution in [3.8, 4) is 5.75 Å². The molecule has 1 aliphatic heterocycles. The molecule has 1 aromatic carbocycles. The first-order chi connectivity index (χ1) is 9.06. The van der Waals surface area contributed by atoms with Gasteiger partial charge in [-0.25, -0.2) is 0 Å². The number of fused-ring (bicyclic) bond motifs is 1. The summed E-state index contributed by atoms with van der Waals surface area (Å²) in [6.45, 7) is 7.43. The average molecular weight is 327 g/mol. The molecule has 0 saturated heterocycles. The van der Waals surface area contributed by atoms with E-state index < -0.39 is 0 Å². The summed E-state index contributed by atoms with van der Waals surface area (Å²) in [6.07, 6.45) is 1.27. The smallest absolute Gasteiger partial charge is 0.123 e. The number of rotatable bonds is 6. The van der Waals surface area contributed by atoms with Gasteiger partial charge in [0.15, 0.2) is 0 Å². The summed E-state index contributed by atoms with van der Waals surface area (Å²) >= 11 is 3.50. The molecule has 0 saturated carbocycles. The first-order valence-electron chi connectivity index (χ1n) is 6.92. The third kappa shape index (κ3) is 4.20. The van der Waals surface area contributed by atoms with Crippen LogP contribution in [-0.4, -0.2) is 43.7 Å². The molecule has 1 unspecified atom stereocenters. The van der Waals surface area contributed by atoms with Crippen molar-refractivity contribution in [1.82, 2.24) is 10.2 Å². The fourth-order valence-electron chi connectivity index (χ4n) is 2.18. The third-order valence-electron chi connectivity index (χ3n) is 3.66. The molecule has 106 valence electrons. The SMILES string of the molecule is CC(C)N(C)CCNCC1Cc2cc(Br)ccc2O1.